The van der Waals surface area contributed by atoms with E-state index in [1.54, 1.807) is 12.1 Å². The summed E-state index contributed by atoms with van der Waals surface area (Å²) in [5.41, 5.74) is 1.95. The lowest BCUT2D eigenvalue weighted by Gasteiger charge is -2.10. The zero-order chi connectivity index (χ0) is 15.5. The average molecular weight is 334 g/mol. The summed E-state index contributed by atoms with van der Waals surface area (Å²) in [6, 6.07) is 15.3. The molecule has 3 aromatic rings. The van der Waals surface area contributed by atoms with E-state index in [0.717, 1.165) is 5.69 Å². The first kappa shape index (κ1) is 14.8. The largest absolute Gasteiger partial charge is 0.324 e. The number of halogens is 3. The van der Waals surface area contributed by atoms with Gasteiger partial charge in [0.2, 0.25) is 5.95 Å². The van der Waals surface area contributed by atoms with Gasteiger partial charge in [0.15, 0.2) is 0 Å². The topological polar surface area (TPSA) is 37.8 Å². The molecule has 0 fully saturated rings. The highest BCUT2D eigenvalue weighted by atomic mass is 35.5. The van der Waals surface area contributed by atoms with Crippen molar-refractivity contribution in [2.45, 2.75) is 0 Å². The van der Waals surface area contributed by atoms with Crippen molar-refractivity contribution in [1.82, 2.24) is 9.97 Å². The summed E-state index contributed by atoms with van der Waals surface area (Å²) >= 11 is 12.4. The van der Waals surface area contributed by atoms with Crippen LogP contribution in [0.2, 0.25) is 10.3 Å². The quantitative estimate of drug-likeness (QED) is 0.658. The van der Waals surface area contributed by atoms with Crippen molar-refractivity contribution < 1.29 is 4.39 Å². The van der Waals surface area contributed by atoms with Crippen molar-refractivity contribution in [2.75, 3.05) is 5.32 Å². The van der Waals surface area contributed by atoms with Gasteiger partial charge >= 0.3 is 0 Å². The molecule has 0 unspecified atom stereocenters. The number of nitrogens with one attached hydrogen (secondary N) is 1. The predicted molar refractivity (Wildman–Crippen MR) is 87.2 cm³/mol. The Kier molecular flexibility index (Phi) is 4.22. The highest BCUT2D eigenvalue weighted by Gasteiger charge is 2.14. The number of hydrogen-bond acceptors (Lipinski definition) is 3. The lowest BCUT2D eigenvalue weighted by molar-refractivity contribution is 0.628. The number of para-hydroxylation sites is 1. The van der Waals surface area contributed by atoms with Crippen molar-refractivity contribution in [3.05, 3.63) is 70.7 Å². The molecular weight excluding hydrogens is 324 g/mol. The van der Waals surface area contributed by atoms with Crippen molar-refractivity contribution in [2.24, 2.45) is 0 Å². The van der Waals surface area contributed by atoms with Crippen LogP contribution in [-0.4, -0.2) is 9.97 Å². The Bertz CT molecular complexity index is 769. The van der Waals surface area contributed by atoms with E-state index in [-0.39, 0.29) is 16.1 Å². The monoisotopic (exact) mass is 333 g/mol. The molecule has 0 radical (unpaired) electrons. The summed E-state index contributed by atoms with van der Waals surface area (Å²) in [5, 5.41) is 3.42. The van der Waals surface area contributed by atoms with Gasteiger partial charge < -0.3 is 5.32 Å². The summed E-state index contributed by atoms with van der Waals surface area (Å²) in [4.78, 5) is 8.39. The highest BCUT2D eigenvalue weighted by molar-refractivity contribution is 6.37. The van der Waals surface area contributed by atoms with Crippen LogP contribution in [0.25, 0.3) is 11.1 Å². The van der Waals surface area contributed by atoms with Gasteiger partial charge in [0.25, 0.3) is 0 Å². The summed E-state index contributed by atoms with van der Waals surface area (Å²) < 4.78 is 13.0. The number of benzene rings is 2. The molecule has 1 N–H and O–H groups in total. The fourth-order valence-electron chi connectivity index (χ4n) is 1.97. The first-order valence-corrected chi connectivity index (χ1v) is 7.20. The molecule has 0 spiro atoms. The van der Waals surface area contributed by atoms with E-state index in [1.165, 1.54) is 12.1 Å². The molecule has 0 aliphatic heterocycles. The summed E-state index contributed by atoms with van der Waals surface area (Å²) in [6.07, 6.45) is 0. The van der Waals surface area contributed by atoms with Gasteiger partial charge in [-0.3, -0.25) is 0 Å². The Morgan fingerprint density at radius 3 is 2.00 bits per heavy atom. The molecule has 0 aliphatic carbocycles. The highest BCUT2D eigenvalue weighted by Crippen LogP contribution is 2.33. The molecule has 6 heteroatoms. The third-order valence-electron chi connectivity index (χ3n) is 2.98. The standard InChI is InChI=1S/C16H10Cl2FN3/c17-14-13(10-6-8-11(19)9-7-10)15(18)22-16(21-14)20-12-4-2-1-3-5-12/h1-9H,(H,20,21,22). The molecule has 0 saturated heterocycles. The Morgan fingerprint density at radius 1 is 0.818 bits per heavy atom. The molecule has 0 amide bonds. The Balaban J connectivity index is 1.96. The molecule has 3 nitrogen and oxygen atoms in total. The second-order valence-corrected chi connectivity index (χ2v) is 5.22. The maximum Gasteiger partial charge on any atom is 0.230 e. The van der Waals surface area contributed by atoms with Gasteiger partial charge in [0.1, 0.15) is 16.1 Å². The molecule has 110 valence electrons. The number of aromatic nitrogens is 2. The van der Waals surface area contributed by atoms with E-state index < -0.39 is 0 Å². The van der Waals surface area contributed by atoms with Crippen LogP contribution in [0.15, 0.2) is 54.6 Å². The molecule has 1 aromatic heterocycles. The number of nitrogens with zero attached hydrogens (tertiary/aromatic N) is 2. The molecule has 22 heavy (non-hydrogen) atoms. The number of rotatable bonds is 3. The van der Waals surface area contributed by atoms with Crippen LogP contribution in [0.5, 0.6) is 0 Å². The normalized spacial score (nSPS) is 10.5. The lowest BCUT2D eigenvalue weighted by atomic mass is 10.1. The number of anilines is 2. The van der Waals surface area contributed by atoms with Crippen LogP contribution in [0.1, 0.15) is 0 Å². The lowest BCUT2D eigenvalue weighted by Crippen LogP contribution is -1.99. The third-order valence-corrected chi connectivity index (χ3v) is 3.53. The van der Waals surface area contributed by atoms with Crippen LogP contribution in [0.3, 0.4) is 0 Å². The van der Waals surface area contributed by atoms with Gasteiger partial charge in [0, 0.05) is 5.69 Å². The van der Waals surface area contributed by atoms with Gasteiger partial charge in [0.05, 0.1) is 5.56 Å². The van der Waals surface area contributed by atoms with Crippen LogP contribution in [0.4, 0.5) is 16.0 Å². The molecule has 3 rings (SSSR count). The zero-order valence-electron chi connectivity index (χ0n) is 11.2. The van der Waals surface area contributed by atoms with Crippen LogP contribution in [-0.2, 0) is 0 Å². The SMILES string of the molecule is Fc1ccc(-c2c(Cl)nc(Nc3ccccc3)nc2Cl)cc1. The zero-order valence-corrected chi connectivity index (χ0v) is 12.7. The maximum atomic E-state index is 13.0. The molecular formula is C16H10Cl2FN3. The maximum absolute atomic E-state index is 13.0. The molecule has 1 heterocycles. The number of hydrogen-bond donors (Lipinski definition) is 1. The minimum Gasteiger partial charge on any atom is -0.324 e. The second kappa shape index (κ2) is 6.30. The Hall–Kier alpha value is -2.17. The van der Waals surface area contributed by atoms with Crippen molar-refractivity contribution in [3.63, 3.8) is 0 Å². The van der Waals surface area contributed by atoms with E-state index in [0.29, 0.717) is 17.1 Å². The summed E-state index contributed by atoms with van der Waals surface area (Å²) in [7, 11) is 0. The molecule has 0 bridgehead atoms. The Morgan fingerprint density at radius 2 is 1.41 bits per heavy atom. The smallest absolute Gasteiger partial charge is 0.230 e. The van der Waals surface area contributed by atoms with Crippen LogP contribution >= 0.6 is 23.2 Å². The van der Waals surface area contributed by atoms with Crippen LogP contribution in [0, 0.1) is 5.82 Å². The van der Waals surface area contributed by atoms with Crippen molar-refractivity contribution in [1.29, 1.82) is 0 Å². The van der Waals surface area contributed by atoms with E-state index in [1.807, 2.05) is 30.3 Å². The van der Waals surface area contributed by atoms with Crippen molar-refractivity contribution >= 4 is 34.8 Å². The minimum absolute atomic E-state index is 0.199. The summed E-state index contributed by atoms with van der Waals surface area (Å²) in [6.45, 7) is 0. The first-order chi connectivity index (χ1) is 10.6. The van der Waals surface area contributed by atoms with E-state index in [4.69, 9.17) is 23.2 Å². The van der Waals surface area contributed by atoms with Gasteiger partial charge in [-0.2, -0.15) is 0 Å². The minimum atomic E-state index is -0.334. The first-order valence-electron chi connectivity index (χ1n) is 6.44. The van der Waals surface area contributed by atoms with Crippen LogP contribution < -0.4 is 5.32 Å². The molecule has 0 aliphatic rings. The van der Waals surface area contributed by atoms with Gasteiger partial charge in [-0.15, -0.1) is 0 Å². The van der Waals surface area contributed by atoms with E-state index >= 15 is 0 Å². The Labute approximate surface area is 136 Å². The summed E-state index contributed by atoms with van der Waals surface area (Å²) in [5.74, 6) is -0.0358. The van der Waals surface area contributed by atoms with Gasteiger partial charge in [-0.05, 0) is 29.8 Å². The third kappa shape index (κ3) is 3.18. The van der Waals surface area contributed by atoms with E-state index in [2.05, 4.69) is 15.3 Å². The molecule has 2 aromatic carbocycles. The fourth-order valence-corrected chi connectivity index (χ4v) is 2.57. The predicted octanol–water partition coefficient (Wildman–Crippen LogP) is 5.33. The average Bonchev–Trinajstić information content (AvgIpc) is 2.49. The van der Waals surface area contributed by atoms with E-state index in [9.17, 15) is 4.39 Å². The fraction of sp³-hybridized carbons (Fsp3) is 0. The second-order valence-electron chi connectivity index (χ2n) is 4.50. The van der Waals surface area contributed by atoms with Gasteiger partial charge in [-0.25, -0.2) is 14.4 Å². The molecule has 0 saturated carbocycles. The van der Waals surface area contributed by atoms with Gasteiger partial charge in [-0.1, -0.05) is 53.5 Å². The van der Waals surface area contributed by atoms with Crippen molar-refractivity contribution in [3.8, 4) is 11.1 Å². The molecule has 0 atom stereocenters.